The summed E-state index contributed by atoms with van der Waals surface area (Å²) in [5.74, 6) is 0.678. The van der Waals surface area contributed by atoms with Gasteiger partial charge in [-0.05, 0) is 32.0 Å². The molecule has 0 fully saturated rings. The van der Waals surface area contributed by atoms with Gasteiger partial charge in [-0.3, -0.25) is 9.48 Å². The first kappa shape index (κ1) is 14.1. The van der Waals surface area contributed by atoms with E-state index in [0.29, 0.717) is 6.42 Å². The van der Waals surface area contributed by atoms with Gasteiger partial charge in [-0.1, -0.05) is 6.07 Å². The molecule has 1 N–H and O–H groups in total. The molecule has 0 bridgehead atoms. The number of nitrogens with one attached hydrogen (secondary N) is 1. The Balaban J connectivity index is 1.95. The van der Waals surface area contributed by atoms with Crippen molar-refractivity contribution in [3.05, 3.63) is 42.2 Å². The lowest BCUT2D eigenvalue weighted by molar-refractivity contribution is -0.116. The Bertz CT molecular complexity index is 592. The molecule has 2 rings (SSSR count). The molecule has 0 aliphatic heterocycles. The van der Waals surface area contributed by atoms with Gasteiger partial charge in [0.2, 0.25) is 5.91 Å². The number of aromatic nitrogens is 2. The van der Waals surface area contributed by atoms with Crippen LogP contribution in [0.1, 0.15) is 25.1 Å². The van der Waals surface area contributed by atoms with E-state index in [2.05, 4.69) is 10.4 Å². The van der Waals surface area contributed by atoms with Gasteiger partial charge < -0.3 is 10.1 Å². The first-order valence-corrected chi connectivity index (χ1v) is 6.54. The van der Waals surface area contributed by atoms with E-state index in [-0.39, 0.29) is 11.9 Å². The monoisotopic (exact) mass is 273 g/mol. The highest BCUT2D eigenvalue weighted by Crippen LogP contribution is 2.18. The third kappa shape index (κ3) is 3.60. The zero-order valence-corrected chi connectivity index (χ0v) is 12.0. The van der Waals surface area contributed by atoms with Gasteiger partial charge in [-0.2, -0.15) is 5.10 Å². The number of ether oxygens (including phenoxy) is 1. The minimum absolute atomic E-state index is 0.0225. The second-order valence-corrected chi connectivity index (χ2v) is 4.77. The van der Waals surface area contributed by atoms with Crippen molar-refractivity contribution in [3.8, 4) is 5.75 Å². The van der Waals surface area contributed by atoms with Gasteiger partial charge in [0.1, 0.15) is 5.75 Å². The van der Waals surface area contributed by atoms with E-state index in [1.54, 1.807) is 17.9 Å². The lowest BCUT2D eigenvalue weighted by Crippen LogP contribution is -2.18. The maximum absolute atomic E-state index is 12.0. The first-order valence-electron chi connectivity index (χ1n) is 6.54. The molecule has 0 radical (unpaired) electrons. The van der Waals surface area contributed by atoms with E-state index in [4.69, 9.17) is 4.74 Å². The molecule has 1 aromatic heterocycles. The number of hydrogen-bond donors (Lipinski definition) is 1. The van der Waals surface area contributed by atoms with E-state index < -0.39 is 0 Å². The quantitative estimate of drug-likeness (QED) is 0.911. The van der Waals surface area contributed by atoms with E-state index in [1.165, 1.54) is 0 Å². The largest absolute Gasteiger partial charge is 0.497 e. The van der Waals surface area contributed by atoms with Crippen molar-refractivity contribution >= 4 is 11.6 Å². The van der Waals surface area contributed by atoms with Gasteiger partial charge in [0.25, 0.3) is 0 Å². The molecular formula is C15H19N3O2. The van der Waals surface area contributed by atoms with Crippen molar-refractivity contribution < 1.29 is 9.53 Å². The fourth-order valence-electron chi connectivity index (χ4n) is 1.95. The van der Waals surface area contributed by atoms with Crippen LogP contribution in [-0.4, -0.2) is 22.8 Å². The zero-order chi connectivity index (χ0) is 14.5. The number of benzene rings is 1. The molecule has 2 aromatic rings. The summed E-state index contributed by atoms with van der Waals surface area (Å²) in [6.45, 7) is 3.90. The highest BCUT2D eigenvalue weighted by atomic mass is 16.5. The Labute approximate surface area is 118 Å². The van der Waals surface area contributed by atoms with Gasteiger partial charge in [0.15, 0.2) is 0 Å². The SMILES string of the molecule is COc1cccc(NC(=O)CC(C)n2ccc(C)n2)c1. The summed E-state index contributed by atoms with van der Waals surface area (Å²) in [5.41, 5.74) is 1.68. The highest BCUT2D eigenvalue weighted by Gasteiger charge is 2.12. The highest BCUT2D eigenvalue weighted by molar-refractivity contribution is 5.91. The van der Waals surface area contributed by atoms with Gasteiger partial charge in [-0.15, -0.1) is 0 Å². The molecule has 1 aromatic carbocycles. The smallest absolute Gasteiger partial charge is 0.226 e. The number of carbonyl (C=O) groups excluding carboxylic acids is 1. The summed E-state index contributed by atoms with van der Waals surface area (Å²) in [6.07, 6.45) is 2.26. The van der Waals surface area contributed by atoms with Crippen LogP contribution in [0.3, 0.4) is 0 Å². The maximum Gasteiger partial charge on any atom is 0.226 e. The Morgan fingerprint density at radius 3 is 2.90 bits per heavy atom. The topological polar surface area (TPSA) is 56.1 Å². The van der Waals surface area contributed by atoms with Crippen molar-refractivity contribution in [2.24, 2.45) is 0 Å². The molecule has 0 saturated heterocycles. The Morgan fingerprint density at radius 2 is 2.25 bits per heavy atom. The van der Waals surface area contributed by atoms with E-state index >= 15 is 0 Å². The van der Waals surface area contributed by atoms with Gasteiger partial charge in [-0.25, -0.2) is 0 Å². The fourth-order valence-corrected chi connectivity index (χ4v) is 1.95. The molecule has 106 valence electrons. The van der Waals surface area contributed by atoms with E-state index in [0.717, 1.165) is 17.1 Å². The predicted molar refractivity (Wildman–Crippen MR) is 77.9 cm³/mol. The van der Waals surface area contributed by atoms with Crippen LogP contribution in [0, 0.1) is 6.92 Å². The lowest BCUT2D eigenvalue weighted by atomic mass is 10.2. The van der Waals surface area contributed by atoms with Crippen LogP contribution in [-0.2, 0) is 4.79 Å². The molecule has 20 heavy (non-hydrogen) atoms. The van der Waals surface area contributed by atoms with Crippen molar-refractivity contribution in [2.45, 2.75) is 26.3 Å². The molecule has 0 aliphatic rings. The molecule has 1 unspecified atom stereocenters. The number of aryl methyl sites for hydroxylation is 1. The molecule has 0 aliphatic carbocycles. The van der Waals surface area contributed by atoms with Crippen molar-refractivity contribution in [3.63, 3.8) is 0 Å². The molecule has 1 heterocycles. The normalized spacial score (nSPS) is 11.9. The van der Waals surface area contributed by atoms with Crippen molar-refractivity contribution in [1.29, 1.82) is 0 Å². The predicted octanol–water partition coefficient (Wildman–Crippen LogP) is 2.79. The lowest BCUT2D eigenvalue weighted by Gasteiger charge is -2.12. The second kappa shape index (κ2) is 6.23. The van der Waals surface area contributed by atoms with Crippen molar-refractivity contribution in [2.75, 3.05) is 12.4 Å². The molecule has 5 heteroatoms. The number of nitrogens with zero attached hydrogens (tertiary/aromatic N) is 2. The van der Waals surface area contributed by atoms with Crippen LogP contribution >= 0.6 is 0 Å². The van der Waals surface area contributed by atoms with Crippen molar-refractivity contribution in [1.82, 2.24) is 9.78 Å². The van der Waals surface area contributed by atoms with Crippen LogP contribution in [0.4, 0.5) is 5.69 Å². The summed E-state index contributed by atoms with van der Waals surface area (Å²) >= 11 is 0. The molecule has 1 atom stereocenters. The molecule has 0 spiro atoms. The Hall–Kier alpha value is -2.30. The molecule has 1 amide bonds. The fraction of sp³-hybridized carbons (Fsp3) is 0.333. The van der Waals surface area contributed by atoms with Gasteiger partial charge >= 0.3 is 0 Å². The number of carbonyl (C=O) groups is 1. The Morgan fingerprint density at radius 1 is 1.45 bits per heavy atom. The standard InChI is InChI=1S/C15H19N3O2/c1-11-7-8-18(17-11)12(2)9-15(19)16-13-5-4-6-14(10-13)20-3/h4-8,10,12H,9H2,1-3H3,(H,16,19). The van der Waals surface area contributed by atoms with Crippen LogP contribution in [0.25, 0.3) is 0 Å². The van der Waals surface area contributed by atoms with Crippen LogP contribution in [0.5, 0.6) is 5.75 Å². The van der Waals surface area contributed by atoms with Gasteiger partial charge in [0, 0.05) is 24.4 Å². The van der Waals surface area contributed by atoms with E-state index in [1.807, 2.05) is 44.3 Å². The number of rotatable bonds is 5. The van der Waals surface area contributed by atoms with E-state index in [9.17, 15) is 4.79 Å². The minimum Gasteiger partial charge on any atom is -0.497 e. The molecule has 5 nitrogen and oxygen atoms in total. The summed E-state index contributed by atoms with van der Waals surface area (Å²) < 4.78 is 6.93. The number of methoxy groups -OCH3 is 1. The van der Waals surface area contributed by atoms with Crippen LogP contribution in [0.15, 0.2) is 36.5 Å². The van der Waals surface area contributed by atoms with Crippen LogP contribution in [0.2, 0.25) is 0 Å². The average molecular weight is 273 g/mol. The number of anilines is 1. The Kier molecular flexibility index (Phi) is 4.40. The summed E-state index contributed by atoms with van der Waals surface area (Å²) in [7, 11) is 1.60. The average Bonchev–Trinajstić information content (AvgIpc) is 2.85. The summed E-state index contributed by atoms with van der Waals surface area (Å²) in [6, 6.07) is 9.26. The first-order chi connectivity index (χ1) is 9.58. The summed E-state index contributed by atoms with van der Waals surface area (Å²) in [4.78, 5) is 12.0. The summed E-state index contributed by atoms with van der Waals surface area (Å²) in [5, 5.41) is 7.18. The van der Waals surface area contributed by atoms with Crippen LogP contribution < -0.4 is 10.1 Å². The third-order valence-corrected chi connectivity index (χ3v) is 3.03. The molecular weight excluding hydrogens is 254 g/mol. The maximum atomic E-state index is 12.0. The van der Waals surface area contributed by atoms with Gasteiger partial charge in [0.05, 0.1) is 18.8 Å². The zero-order valence-electron chi connectivity index (χ0n) is 12.0. The third-order valence-electron chi connectivity index (χ3n) is 3.03. The number of amides is 1. The second-order valence-electron chi connectivity index (χ2n) is 4.77. The molecule has 0 saturated carbocycles. The minimum atomic E-state index is -0.0427. The number of hydrogen-bond acceptors (Lipinski definition) is 3.